The summed E-state index contributed by atoms with van der Waals surface area (Å²) in [5.41, 5.74) is 0.144. The van der Waals surface area contributed by atoms with E-state index in [1.165, 1.54) is 6.07 Å². The molecule has 0 aliphatic rings. The zero-order valence-electron chi connectivity index (χ0n) is 7.48. The van der Waals surface area contributed by atoms with Gasteiger partial charge in [-0.15, -0.1) is 0 Å². The highest BCUT2D eigenvalue weighted by atomic mass is 79.9. The fourth-order valence-electron chi connectivity index (χ4n) is 1.02. The molecule has 0 atom stereocenters. The van der Waals surface area contributed by atoms with Crippen LogP contribution in [0.2, 0.25) is 5.02 Å². The third kappa shape index (κ3) is 2.19. The van der Waals surface area contributed by atoms with E-state index in [1.807, 2.05) is 0 Å². The molecule has 1 rings (SSSR count). The molecule has 78 valence electrons. The highest BCUT2D eigenvalue weighted by molar-refractivity contribution is 9.10. The molecule has 2 nitrogen and oxygen atoms in total. The summed E-state index contributed by atoms with van der Waals surface area (Å²) in [6.07, 6.45) is 0. The minimum absolute atomic E-state index is 0.106. The lowest BCUT2D eigenvalue weighted by atomic mass is 10.2. The Bertz CT molecular complexity index is 344. The Hall–Kier alpha value is -0.320. The van der Waals surface area contributed by atoms with E-state index in [0.29, 0.717) is 11.1 Å². The van der Waals surface area contributed by atoms with Gasteiger partial charge in [-0.25, -0.2) is 4.39 Å². The van der Waals surface area contributed by atoms with E-state index < -0.39 is 12.4 Å². The average Bonchev–Trinajstić information content (AvgIpc) is 2.18. The maximum Gasteiger partial charge on any atom is 0.155 e. The Kier molecular flexibility index (Phi) is 4.16. The van der Waals surface area contributed by atoms with Crippen LogP contribution in [0.15, 0.2) is 10.5 Å². The van der Waals surface area contributed by atoms with Gasteiger partial charge in [0.05, 0.1) is 17.7 Å². The number of benzene rings is 1. The molecule has 0 aromatic heterocycles. The van der Waals surface area contributed by atoms with Gasteiger partial charge in [-0.05, 0) is 28.9 Å². The second-order valence-electron chi connectivity index (χ2n) is 2.57. The summed E-state index contributed by atoms with van der Waals surface area (Å²) in [6, 6.07) is 1.45. The van der Waals surface area contributed by atoms with Crippen LogP contribution in [-0.2, 0) is 6.61 Å². The van der Waals surface area contributed by atoms with Crippen molar-refractivity contribution < 1.29 is 14.2 Å². The van der Waals surface area contributed by atoms with Gasteiger partial charge in [0.1, 0.15) is 5.02 Å². The smallest absolute Gasteiger partial charge is 0.155 e. The Morgan fingerprint density at radius 1 is 1.64 bits per heavy atom. The molecule has 0 aliphatic carbocycles. The standard InChI is InChI=1S/C9H9BrClFO2/c1-2-14-9-6(10)3-5(4-13)8(12)7(9)11/h3,13H,2,4H2,1H3. The van der Waals surface area contributed by atoms with Crippen LogP contribution >= 0.6 is 27.5 Å². The lowest BCUT2D eigenvalue weighted by Gasteiger charge is -2.10. The molecule has 0 aliphatic heterocycles. The molecule has 0 saturated carbocycles. The average molecular weight is 284 g/mol. The van der Waals surface area contributed by atoms with Crippen molar-refractivity contribution in [2.75, 3.05) is 6.61 Å². The monoisotopic (exact) mass is 282 g/mol. The molecular formula is C9H9BrClFO2. The van der Waals surface area contributed by atoms with E-state index in [2.05, 4.69) is 15.9 Å². The van der Waals surface area contributed by atoms with Crippen molar-refractivity contribution in [2.24, 2.45) is 0 Å². The molecule has 1 N–H and O–H groups in total. The van der Waals surface area contributed by atoms with Crippen LogP contribution in [0.4, 0.5) is 4.39 Å². The molecule has 1 aromatic carbocycles. The SMILES string of the molecule is CCOc1c(Br)cc(CO)c(F)c1Cl. The van der Waals surface area contributed by atoms with Gasteiger partial charge in [-0.2, -0.15) is 0 Å². The molecule has 0 saturated heterocycles. The Morgan fingerprint density at radius 2 is 2.29 bits per heavy atom. The molecule has 0 radical (unpaired) electrons. The molecule has 14 heavy (non-hydrogen) atoms. The van der Waals surface area contributed by atoms with Gasteiger partial charge >= 0.3 is 0 Å². The van der Waals surface area contributed by atoms with Crippen molar-refractivity contribution in [1.82, 2.24) is 0 Å². The van der Waals surface area contributed by atoms with Crippen LogP contribution < -0.4 is 4.74 Å². The Labute approximate surface area is 94.8 Å². The summed E-state index contributed by atoms with van der Waals surface area (Å²) in [7, 11) is 0. The van der Waals surface area contributed by atoms with E-state index in [9.17, 15) is 4.39 Å². The van der Waals surface area contributed by atoms with Crippen LogP contribution in [0.3, 0.4) is 0 Å². The number of rotatable bonds is 3. The van der Waals surface area contributed by atoms with Gasteiger partial charge in [0.2, 0.25) is 0 Å². The number of hydrogen-bond acceptors (Lipinski definition) is 2. The summed E-state index contributed by atoms with van der Waals surface area (Å²) in [4.78, 5) is 0. The largest absolute Gasteiger partial charge is 0.491 e. The van der Waals surface area contributed by atoms with E-state index in [0.717, 1.165) is 0 Å². The van der Waals surface area contributed by atoms with E-state index in [4.69, 9.17) is 21.4 Å². The van der Waals surface area contributed by atoms with Gasteiger partial charge in [0.25, 0.3) is 0 Å². The van der Waals surface area contributed by atoms with Gasteiger partial charge in [0.15, 0.2) is 11.6 Å². The third-order valence-corrected chi connectivity index (χ3v) is 2.58. The van der Waals surface area contributed by atoms with Crippen molar-refractivity contribution in [3.63, 3.8) is 0 Å². The highest BCUT2D eigenvalue weighted by Gasteiger charge is 2.15. The van der Waals surface area contributed by atoms with E-state index in [1.54, 1.807) is 6.92 Å². The molecule has 0 amide bonds. The summed E-state index contributed by atoms with van der Waals surface area (Å²) < 4.78 is 19.1. The summed E-state index contributed by atoms with van der Waals surface area (Å²) >= 11 is 8.91. The van der Waals surface area contributed by atoms with Crippen LogP contribution in [0.5, 0.6) is 5.75 Å². The zero-order valence-corrected chi connectivity index (χ0v) is 9.82. The molecule has 1 aromatic rings. The van der Waals surface area contributed by atoms with Crippen LogP contribution in [0, 0.1) is 5.82 Å². The van der Waals surface area contributed by atoms with Crippen molar-refractivity contribution in [3.8, 4) is 5.75 Å². The van der Waals surface area contributed by atoms with E-state index >= 15 is 0 Å². The van der Waals surface area contributed by atoms with Gasteiger partial charge in [-0.1, -0.05) is 11.6 Å². The fraction of sp³-hybridized carbons (Fsp3) is 0.333. The first-order valence-corrected chi connectivity index (χ1v) is 5.18. The molecule has 5 heteroatoms. The number of ether oxygens (including phenoxy) is 1. The second kappa shape index (κ2) is 4.96. The van der Waals surface area contributed by atoms with Gasteiger partial charge < -0.3 is 9.84 Å². The normalized spacial score (nSPS) is 10.4. The highest BCUT2D eigenvalue weighted by Crippen LogP contribution is 2.37. The van der Waals surface area contributed by atoms with Crippen molar-refractivity contribution >= 4 is 27.5 Å². The second-order valence-corrected chi connectivity index (χ2v) is 3.80. The molecule has 0 fully saturated rings. The Balaban J connectivity index is 3.26. The van der Waals surface area contributed by atoms with Crippen LogP contribution in [0.1, 0.15) is 12.5 Å². The minimum Gasteiger partial charge on any atom is -0.491 e. The molecular weight excluding hydrogens is 274 g/mol. The fourth-order valence-corrected chi connectivity index (χ4v) is 2.00. The quantitative estimate of drug-likeness (QED) is 0.864. The first kappa shape index (κ1) is 11.8. The van der Waals surface area contributed by atoms with Crippen LogP contribution in [-0.4, -0.2) is 11.7 Å². The predicted molar refractivity (Wildman–Crippen MR) is 56.2 cm³/mol. The van der Waals surface area contributed by atoms with Crippen molar-refractivity contribution in [2.45, 2.75) is 13.5 Å². The Morgan fingerprint density at radius 3 is 2.79 bits per heavy atom. The number of halogens is 3. The number of aliphatic hydroxyl groups excluding tert-OH is 1. The zero-order chi connectivity index (χ0) is 10.7. The maximum absolute atomic E-state index is 13.4. The van der Waals surface area contributed by atoms with Crippen molar-refractivity contribution in [1.29, 1.82) is 0 Å². The number of aliphatic hydroxyl groups is 1. The molecule has 0 spiro atoms. The third-order valence-electron chi connectivity index (χ3n) is 1.65. The maximum atomic E-state index is 13.4. The number of hydrogen-bond donors (Lipinski definition) is 1. The summed E-state index contributed by atoms with van der Waals surface area (Å²) in [5.74, 6) is -0.371. The summed E-state index contributed by atoms with van der Waals surface area (Å²) in [6.45, 7) is 1.79. The lowest BCUT2D eigenvalue weighted by Crippen LogP contribution is -1.98. The van der Waals surface area contributed by atoms with E-state index in [-0.39, 0.29) is 16.3 Å². The summed E-state index contributed by atoms with van der Waals surface area (Å²) in [5, 5.41) is 8.72. The predicted octanol–water partition coefficient (Wildman–Crippen LogP) is 3.13. The minimum atomic E-state index is -0.638. The molecule has 0 bridgehead atoms. The first-order chi connectivity index (χ1) is 6.61. The lowest BCUT2D eigenvalue weighted by molar-refractivity contribution is 0.274. The molecule has 0 unspecified atom stereocenters. The van der Waals surface area contributed by atoms with Crippen LogP contribution in [0.25, 0.3) is 0 Å². The van der Waals surface area contributed by atoms with Gasteiger partial charge in [0, 0.05) is 5.56 Å². The van der Waals surface area contributed by atoms with Crippen molar-refractivity contribution in [3.05, 3.63) is 26.9 Å². The first-order valence-electron chi connectivity index (χ1n) is 4.01. The molecule has 0 heterocycles. The topological polar surface area (TPSA) is 29.5 Å². The van der Waals surface area contributed by atoms with Gasteiger partial charge in [-0.3, -0.25) is 0 Å².